The standard InChI is InChI=1S/C12H16N2O3S/c1-9(15)14-11(12(16)17)8-18-7-4-10-2-5-13-6-3-10/h2-3,5-6,11H,4,7-8H2,1H3,(H,14,15)(H,16,17)/t11-/m0/s1. The molecule has 0 aliphatic carbocycles. The van der Waals surface area contributed by atoms with Crippen LogP contribution in [0.25, 0.3) is 0 Å². The minimum atomic E-state index is -0.999. The fourth-order valence-corrected chi connectivity index (χ4v) is 2.37. The van der Waals surface area contributed by atoms with Gasteiger partial charge in [0, 0.05) is 25.1 Å². The van der Waals surface area contributed by atoms with Crippen molar-refractivity contribution in [1.29, 1.82) is 0 Å². The van der Waals surface area contributed by atoms with Crippen LogP contribution < -0.4 is 5.32 Å². The molecule has 0 radical (unpaired) electrons. The molecule has 0 aromatic carbocycles. The van der Waals surface area contributed by atoms with Crippen molar-refractivity contribution in [2.45, 2.75) is 19.4 Å². The van der Waals surface area contributed by atoms with Gasteiger partial charge in [0.15, 0.2) is 0 Å². The Bertz CT molecular complexity index is 398. The molecule has 1 rings (SSSR count). The zero-order chi connectivity index (χ0) is 13.4. The lowest BCUT2D eigenvalue weighted by molar-refractivity contribution is -0.140. The van der Waals surface area contributed by atoms with Gasteiger partial charge in [-0.15, -0.1) is 0 Å². The van der Waals surface area contributed by atoms with Gasteiger partial charge in [0.05, 0.1) is 0 Å². The van der Waals surface area contributed by atoms with Crippen LogP contribution in [0.1, 0.15) is 12.5 Å². The number of nitrogens with zero attached hydrogens (tertiary/aromatic N) is 1. The molecule has 2 N–H and O–H groups in total. The molecule has 1 aromatic heterocycles. The maximum atomic E-state index is 10.9. The van der Waals surface area contributed by atoms with Crippen LogP contribution in [0.5, 0.6) is 0 Å². The highest BCUT2D eigenvalue weighted by atomic mass is 32.2. The molecule has 0 unspecified atom stereocenters. The Morgan fingerprint density at radius 1 is 1.44 bits per heavy atom. The molecule has 0 aliphatic heterocycles. The van der Waals surface area contributed by atoms with E-state index in [4.69, 9.17) is 5.11 Å². The van der Waals surface area contributed by atoms with Gasteiger partial charge in [-0.1, -0.05) is 0 Å². The molecule has 98 valence electrons. The second-order valence-corrected chi connectivity index (χ2v) is 4.92. The first-order valence-corrected chi connectivity index (χ1v) is 6.71. The van der Waals surface area contributed by atoms with Gasteiger partial charge in [0.2, 0.25) is 5.91 Å². The molecule has 1 amide bonds. The Kier molecular flexibility index (Phi) is 6.21. The van der Waals surface area contributed by atoms with Crippen LogP contribution >= 0.6 is 11.8 Å². The summed E-state index contributed by atoms with van der Waals surface area (Å²) >= 11 is 1.51. The van der Waals surface area contributed by atoms with Crippen molar-refractivity contribution in [3.8, 4) is 0 Å². The van der Waals surface area contributed by atoms with Crippen LogP contribution in [0.3, 0.4) is 0 Å². The second kappa shape index (κ2) is 7.71. The molecule has 0 aliphatic rings. The molecular weight excluding hydrogens is 252 g/mol. The zero-order valence-corrected chi connectivity index (χ0v) is 10.9. The number of amides is 1. The maximum Gasteiger partial charge on any atom is 0.327 e. The van der Waals surface area contributed by atoms with E-state index >= 15 is 0 Å². The predicted octanol–water partition coefficient (Wildman–Crippen LogP) is 0.947. The quantitative estimate of drug-likeness (QED) is 0.720. The highest BCUT2D eigenvalue weighted by molar-refractivity contribution is 7.99. The molecule has 18 heavy (non-hydrogen) atoms. The number of aryl methyl sites for hydroxylation is 1. The van der Waals surface area contributed by atoms with Gasteiger partial charge in [-0.25, -0.2) is 4.79 Å². The summed E-state index contributed by atoms with van der Waals surface area (Å²) in [6, 6.07) is 3.05. The number of thioether (sulfide) groups is 1. The van der Waals surface area contributed by atoms with Crippen molar-refractivity contribution in [1.82, 2.24) is 10.3 Å². The molecule has 0 saturated carbocycles. The van der Waals surface area contributed by atoms with E-state index in [1.54, 1.807) is 12.4 Å². The van der Waals surface area contributed by atoms with Crippen molar-refractivity contribution >= 4 is 23.6 Å². The maximum absolute atomic E-state index is 10.9. The first-order valence-electron chi connectivity index (χ1n) is 5.56. The van der Waals surface area contributed by atoms with Crippen LogP contribution in [0.4, 0.5) is 0 Å². The molecule has 0 bridgehead atoms. The second-order valence-electron chi connectivity index (χ2n) is 3.77. The third-order valence-corrected chi connectivity index (χ3v) is 3.31. The van der Waals surface area contributed by atoms with Crippen LogP contribution in [0.15, 0.2) is 24.5 Å². The summed E-state index contributed by atoms with van der Waals surface area (Å²) in [6.45, 7) is 1.32. The zero-order valence-electron chi connectivity index (χ0n) is 10.1. The summed E-state index contributed by atoms with van der Waals surface area (Å²) in [5.74, 6) is -0.133. The lowest BCUT2D eigenvalue weighted by Crippen LogP contribution is -2.41. The molecule has 6 heteroatoms. The van der Waals surface area contributed by atoms with Crippen molar-refractivity contribution in [3.05, 3.63) is 30.1 Å². The summed E-state index contributed by atoms with van der Waals surface area (Å²) in [6.07, 6.45) is 4.33. The van der Waals surface area contributed by atoms with E-state index in [9.17, 15) is 9.59 Å². The molecule has 0 fully saturated rings. The highest BCUT2D eigenvalue weighted by Crippen LogP contribution is 2.08. The number of hydrogen-bond acceptors (Lipinski definition) is 4. The van der Waals surface area contributed by atoms with Gasteiger partial charge >= 0.3 is 5.97 Å². The average molecular weight is 268 g/mol. The summed E-state index contributed by atoms with van der Waals surface area (Å²) < 4.78 is 0. The Morgan fingerprint density at radius 2 is 2.11 bits per heavy atom. The molecule has 5 nitrogen and oxygen atoms in total. The summed E-state index contributed by atoms with van der Waals surface area (Å²) in [7, 11) is 0. The summed E-state index contributed by atoms with van der Waals surface area (Å²) in [5, 5.41) is 11.3. The number of carboxylic acids is 1. The first-order chi connectivity index (χ1) is 8.59. The number of aromatic nitrogens is 1. The van der Waals surface area contributed by atoms with Crippen LogP contribution in [0.2, 0.25) is 0 Å². The average Bonchev–Trinajstić information content (AvgIpc) is 2.33. The Morgan fingerprint density at radius 3 is 2.67 bits per heavy atom. The third kappa shape index (κ3) is 5.67. The number of carboxylic acid groups (broad SMARTS) is 1. The van der Waals surface area contributed by atoms with Crippen molar-refractivity contribution in [2.75, 3.05) is 11.5 Å². The van der Waals surface area contributed by atoms with E-state index in [-0.39, 0.29) is 5.91 Å². The normalized spacial score (nSPS) is 11.8. The predicted molar refractivity (Wildman–Crippen MR) is 70.5 cm³/mol. The lowest BCUT2D eigenvalue weighted by atomic mass is 10.2. The number of aliphatic carboxylic acids is 1. The van der Waals surface area contributed by atoms with E-state index in [2.05, 4.69) is 10.3 Å². The third-order valence-electron chi connectivity index (χ3n) is 2.24. The van der Waals surface area contributed by atoms with Gasteiger partial charge < -0.3 is 10.4 Å². The van der Waals surface area contributed by atoms with Crippen LogP contribution in [0, 0.1) is 0 Å². The van der Waals surface area contributed by atoms with Crippen molar-refractivity contribution in [2.24, 2.45) is 0 Å². The Hall–Kier alpha value is -1.56. The minimum absolute atomic E-state index is 0.322. The van der Waals surface area contributed by atoms with E-state index in [0.717, 1.165) is 12.2 Å². The molecule has 1 aromatic rings. The monoisotopic (exact) mass is 268 g/mol. The summed E-state index contributed by atoms with van der Waals surface area (Å²) in [5.41, 5.74) is 1.17. The topological polar surface area (TPSA) is 79.3 Å². The molecule has 1 heterocycles. The number of carbonyl (C=O) groups excluding carboxylic acids is 1. The van der Waals surface area contributed by atoms with Gasteiger partial charge in [-0.05, 0) is 29.9 Å². The lowest BCUT2D eigenvalue weighted by Gasteiger charge is -2.12. The molecule has 1 atom stereocenters. The van der Waals surface area contributed by atoms with Gasteiger partial charge in [0.1, 0.15) is 6.04 Å². The fraction of sp³-hybridized carbons (Fsp3) is 0.417. The largest absolute Gasteiger partial charge is 0.480 e. The van der Waals surface area contributed by atoms with Gasteiger partial charge in [-0.2, -0.15) is 11.8 Å². The van der Waals surface area contributed by atoms with Gasteiger partial charge in [-0.3, -0.25) is 9.78 Å². The number of pyridine rings is 1. The number of rotatable bonds is 7. The smallest absolute Gasteiger partial charge is 0.327 e. The van der Waals surface area contributed by atoms with E-state index in [0.29, 0.717) is 5.75 Å². The van der Waals surface area contributed by atoms with Crippen molar-refractivity contribution < 1.29 is 14.7 Å². The SMILES string of the molecule is CC(=O)N[C@@H](CSCCc1ccncc1)C(=O)O. The van der Waals surface area contributed by atoms with Crippen LogP contribution in [-0.2, 0) is 16.0 Å². The molecule has 0 saturated heterocycles. The number of nitrogens with one attached hydrogen (secondary N) is 1. The van der Waals surface area contributed by atoms with Crippen molar-refractivity contribution in [3.63, 3.8) is 0 Å². The van der Waals surface area contributed by atoms with E-state index in [1.165, 1.54) is 24.2 Å². The number of hydrogen-bond donors (Lipinski definition) is 2. The van der Waals surface area contributed by atoms with E-state index in [1.807, 2.05) is 12.1 Å². The number of carbonyl (C=O) groups is 2. The highest BCUT2D eigenvalue weighted by Gasteiger charge is 2.17. The van der Waals surface area contributed by atoms with Crippen LogP contribution in [-0.4, -0.2) is 39.5 Å². The first kappa shape index (κ1) is 14.5. The van der Waals surface area contributed by atoms with Gasteiger partial charge in [0.25, 0.3) is 0 Å². The molecular formula is C12H16N2O3S. The minimum Gasteiger partial charge on any atom is -0.480 e. The fourth-order valence-electron chi connectivity index (χ4n) is 1.36. The summed E-state index contributed by atoms with van der Waals surface area (Å²) in [4.78, 5) is 25.6. The molecule has 0 spiro atoms. The Labute approximate surface area is 110 Å². The van der Waals surface area contributed by atoms with E-state index < -0.39 is 12.0 Å². The Balaban J connectivity index is 2.27.